The fourth-order valence-electron chi connectivity index (χ4n) is 1.71. The Hall–Kier alpha value is -1.38. The maximum absolute atomic E-state index is 9.35. The van der Waals surface area contributed by atoms with E-state index in [2.05, 4.69) is 5.32 Å². The third kappa shape index (κ3) is 3.09. The number of phenolic OH excluding ortho intramolecular Hbond substituents is 1. The zero-order valence-corrected chi connectivity index (χ0v) is 11.3. The van der Waals surface area contributed by atoms with E-state index in [1.807, 2.05) is 31.2 Å². The zero-order valence-electron chi connectivity index (χ0n) is 9.82. The first-order chi connectivity index (χ1) is 8.56. The quantitative estimate of drug-likeness (QED) is 0.787. The molecule has 0 fully saturated rings. The fourth-order valence-corrected chi connectivity index (χ4v) is 2.09. The van der Waals surface area contributed by atoms with Crippen LogP contribution < -0.4 is 5.32 Å². The molecule has 94 valence electrons. The number of nitrogens with one attached hydrogen (secondary N) is 1. The summed E-state index contributed by atoms with van der Waals surface area (Å²) in [5, 5.41) is 13.7. The maximum atomic E-state index is 9.35. The molecule has 0 radical (unpaired) electrons. The second-order valence-electron chi connectivity index (χ2n) is 4.09. The van der Waals surface area contributed by atoms with E-state index in [0.29, 0.717) is 10.0 Å². The van der Waals surface area contributed by atoms with Gasteiger partial charge in [0.25, 0.3) is 0 Å². The van der Waals surface area contributed by atoms with E-state index in [-0.39, 0.29) is 11.8 Å². The molecule has 2 rings (SSSR count). The average Bonchev–Trinajstić information content (AvgIpc) is 2.34. The Kier molecular flexibility index (Phi) is 4.00. The molecule has 0 heterocycles. The number of benzene rings is 2. The molecule has 2 aromatic carbocycles. The number of halogens is 2. The monoisotopic (exact) mass is 281 g/mol. The van der Waals surface area contributed by atoms with Gasteiger partial charge in [-0.25, -0.2) is 0 Å². The second kappa shape index (κ2) is 5.51. The minimum absolute atomic E-state index is 0.0811. The van der Waals surface area contributed by atoms with Gasteiger partial charge in [0, 0.05) is 16.8 Å². The Morgan fingerprint density at radius 3 is 2.56 bits per heavy atom. The summed E-state index contributed by atoms with van der Waals surface area (Å²) in [4.78, 5) is 0. The van der Waals surface area contributed by atoms with Gasteiger partial charge in [0.15, 0.2) is 0 Å². The first-order valence-corrected chi connectivity index (χ1v) is 6.32. The number of anilines is 1. The lowest BCUT2D eigenvalue weighted by atomic mass is 10.1. The highest BCUT2D eigenvalue weighted by Gasteiger charge is 2.07. The minimum atomic E-state index is 0.0811. The molecule has 18 heavy (non-hydrogen) atoms. The molecule has 0 aliphatic carbocycles. The first-order valence-electron chi connectivity index (χ1n) is 5.57. The lowest BCUT2D eigenvalue weighted by Gasteiger charge is -2.16. The van der Waals surface area contributed by atoms with E-state index in [0.717, 1.165) is 11.3 Å². The number of aromatic hydroxyl groups is 1. The van der Waals surface area contributed by atoms with Crippen molar-refractivity contribution in [3.8, 4) is 5.75 Å². The topological polar surface area (TPSA) is 32.3 Å². The van der Waals surface area contributed by atoms with Crippen LogP contribution in [0.25, 0.3) is 0 Å². The predicted molar refractivity (Wildman–Crippen MR) is 76.6 cm³/mol. The summed E-state index contributed by atoms with van der Waals surface area (Å²) < 4.78 is 0. The molecule has 2 N–H and O–H groups in total. The first kappa shape index (κ1) is 13.1. The molecule has 0 saturated carbocycles. The van der Waals surface area contributed by atoms with Crippen LogP contribution in [0, 0.1) is 0 Å². The van der Waals surface area contributed by atoms with Crippen molar-refractivity contribution in [3.05, 3.63) is 58.1 Å². The van der Waals surface area contributed by atoms with Crippen molar-refractivity contribution < 1.29 is 5.11 Å². The Balaban J connectivity index is 2.16. The summed E-state index contributed by atoms with van der Waals surface area (Å²) in [6, 6.07) is 12.8. The van der Waals surface area contributed by atoms with E-state index in [1.54, 1.807) is 18.2 Å². The van der Waals surface area contributed by atoms with Gasteiger partial charge in [-0.1, -0.05) is 35.3 Å². The van der Waals surface area contributed by atoms with Crippen LogP contribution in [-0.2, 0) is 0 Å². The molecular weight excluding hydrogens is 269 g/mol. The highest BCUT2D eigenvalue weighted by molar-refractivity contribution is 6.32. The largest absolute Gasteiger partial charge is 0.506 e. The van der Waals surface area contributed by atoms with Crippen molar-refractivity contribution in [2.24, 2.45) is 0 Å². The van der Waals surface area contributed by atoms with Gasteiger partial charge < -0.3 is 10.4 Å². The molecule has 2 nitrogen and oxygen atoms in total. The average molecular weight is 282 g/mol. The lowest BCUT2D eigenvalue weighted by Crippen LogP contribution is -2.06. The fraction of sp³-hybridized carbons (Fsp3) is 0.143. The molecule has 1 unspecified atom stereocenters. The molecule has 0 aliphatic rings. The highest BCUT2D eigenvalue weighted by Crippen LogP contribution is 2.28. The van der Waals surface area contributed by atoms with Crippen LogP contribution in [0.15, 0.2) is 42.5 Å². The van der Waals surface area contributed by atoms with Gasteiger partial charge in [-0.05, 0) is 42.8 Å². The molecule has 0 saturated heterocycles. The third-order valence-electron chi connectivity index (χ3n) is 2.68. The standard InChI is InChI=1S/C14H13Cl2NO/c1-9(10-3-2-4-11(15)7-10)17-12-5-6-14(18)13(16)8-12/h2-9,17-18H,1H3. The third-order valence-corrected chi connectivity index (χ3v) is 3.22. The Bertz CT molecular complexity index is 557. The molecule has 0 spiro atoms. The van der Waals surface area contributed by atoms with Crippen LogP contribution in [0.1, 0.15) is 18.5 Å². The van der Waals surface area contributed by atoms with Crippen LogP contribution in [0.4, 0.5) is 5.69 Å². The van der Waals surface area contributed by atoms with Gasteiger partial charge >= 0.3 is 0 Å². The maximum Gasteiger partial charge on any atom is 0.134 e. The Labute approximate surface area is 116 Å². The van der Waals surface area contributed by atoms with Gasteiger partial charge in [-0.15, -0.1) is 0 Å². The summed E-state index contributed by atoms with van der Waals surface area (Å²) in [7, 11) is 0. The molecule has 0 amide bonds. The zero-order chi connectivity index (χ0) is 13.1. The van der Waals surface area contributed by atoms with Gasteiger partial charge in [0.1, 0.15) is 5.75 Å². The van der Waals surface area contributed by atoms with Gasteiger partial charge in [0.05, 0.1) is 5.02 Å². The van der Waals surface area contributed by atoms with Crippen LogP contribution in [-0.4, -0.2) is 5.11 Å². The van der Waals surface area contributed by atoms with Crippen molar-refractivity contribution in [2.75, 3.05) is 5.32 Å². The van der Waals surface area contributed by atoms with E-state index >= 15 is 0 Å². The van der Waals surface area contributed by atoms with Crippen LogP contribution >= 0.6 is 23.2 Å². The molecule has 0 aliphatic heterocycles. The SMILES string of the molecule is CC(Nc1ccc(O)c(Cl)c1)c1cccc(Cl)c1. The normalized spacial score (nSPS) is 12.2. The Morgan fingerprint density at radius 1 is 1.11 bits per heavy atom. The van der Waals surface area contributed by atoms with Crippen LogP contribution in [0.2, 0.25) is 10.0 Å². The van der Waals surface area contributed by atoms with Crippen molar-refractivity contribution >= 4 is 28.9 Å². The summed E-state index contributed by atoms with van der Waals surface area (Å²) in [5.41, 5.74) is 1.94. The summed E-state index contributed by atoms with van der Waals surface area (Å²) in [6.07, 6.45) is 0. The second-order valence-corrected chi connectivity index (χ2v) is 4.93. The van der Waals surface area contributed by atoms with Crippen molar-refractivity contribution in [2.45, 2.75) is 13.0 Å². The van der Waals surface area contributed by atoms with Crippen molar-refractivity contribution in [3.63, 3.8) is 0 Å². The molecular formula is C14H13Cl2NO. The molecule has 2 aromatic rings. The van der Waals surface area contributed by atoms with Gasteiger partial charge in [-0.3, -0.25) is 0 Å². The van der Waals surface area contributed by atoms with Crippen LogP contribution in [0.3, 0.4) is 0 Å². The van der Waals surface area contributed by atoms with Crippen LogP contribution in [0.5, 0.6) is 5.75 Å². The number of rotatable bonds is 3. The van der Waals surface area contributed by atoms with Crippen molar-refractivity contribution in [1.82, 2.24) is 0 Å². The van der Waals surface area contributed by atoms with E-state index in [9.17, 15) is 5.11 Å². The van der Waals surface area contributed by atoms with Gasteiger partial charge in [0.2, 0.25) is 0 Å². The lowest BCUT2D eigenvalue weighted by molar-refractivity contribution is 0.475. The smallest absolute Gasteiger partial charge is 0.134 e. The highest BCUT2D eigenvalue weighted by atomic mass is 35.5. The van der Waals surface area contributed by atoms with E-state index in [1.165, 1.54) is 0 Å². The number of phenols is 1. The van der Waals surface area contributed by atoms with Gasteiger partial charge in [-0.2, -0.15) is 0 Å². The van der Waals surface area contributed by atoms with E-state index in [4.69, 9.17) is 23.2 Å². The number of hydrogen-bond acceptors (Lipinski definition) is 2. The predicted octanol–water partition coefficient (Wildman–Crippen LogP) is 4.87. The summed E-state index contributed by atoms with van der Waals surface area (Å²) >= 11 is 11.8. The molecule has 0 bridgehead atoms. The summed E-state index contributed by atoms with van der Waals surface area (Å²) in [5.74, 6) is 0.0811. The van der Waals surface area contributed by atoms with Crippen molar-refractivity contribution in [1.29, 1.82) is 0 Å². The molecule has 1 atom stereocenters. The number of hydrogen-bond donors (Lipinski definition) is 2. The minimum Gasteiger partial charge on any atom is -0.506 e. The Morgan fingerprint density at radius 2 is 1.89 bits per heavy atom. The molecule has 4 heteroatoms. The molecule has 0 aromatic heterocycles. The van der Waals surface area contributed by atoms with E-state index < -0.39 is 0 Å². The summed E-state index contributed by atoms with van der Waals surface area (Å²) in [6.45, 7) is 2.03.